The number of benzene rings is 1. The van der Waals surface area contributed by atoms with Crippen molar-refractivity contribution in [1.82, 2.24) is 5.32 Å². The number of hydrogen-bond acceptors (Lipinski definition) is 3. The van der Waals surface area contributed by atoms with Crippen LogP contribution in [0.1, 0.15) is 30.9 Å². The van der Waals surface area contributed by atoms with Gasteiger partial charge in [-0.3, -0.25) is 0 Å². The van der Waals surface area contributed by atoms with Crippen LogP contribution in [0.4, 0.5) is 0 Å². The molecular formula is C15H20ClNO2. The molecule has 0 bridgehead atoms. The van der Waals surface area contributed by atoms with Crippen molar-refractivity contribution in [2.45, 2.75) is 31.4 Å². The number of ether oxygens (including phenoxy) is 2. The molecule has 2 aliphatic heterocycles. The molecule has 4 heteroatoms. The fourth-order valence-electron chi connectivity index (χ4n) is 3.12. The van der Waals surface area contributed by atoms with Crippen molar-refractivity contribution < 1.29 is 9.47 Å². The molecule has 104 valence electrons. The minimum Gasteiger partial charge on any atom is -0.490 e. The topological polar surface area (TPSA) is 30.5 Å². The molecule has 19 heavy (non-hydrogen) atoms. The van der Waals surface area contributed by atoms with E-state index in [1.807, 2.05) is 25.2 Å². The smallest absolute Gasteiger partial charge is 0.124 e. The summed E-state index contributed by atoms with van der Waals surface area (Å²) in [4.78, 5) is 0. The third-order valence-electron chi connectivity index (χ3n) is 4.23. The van der Waals surface area contributed by atoms with Gasteiger partial charge in [0, 0.05) is 42.2 Å². The molecule has 1 aromatic rings. The van der Waals surface area contributed by atoms with E-state index in [4.69, 9.17) is 21.1 Å². The van der Waals surface area contributed by atoms with Crippen molar-refractivity contribution in [2.24, 2.45) is 5.92 Å². The van der Waals surface area contributed by atoms with Gasteiger partial charge in [-0.2, -0.15) is 0 Å². The molecule has 2 heterocycles. The maximum atomic E-state index is 6.20. The van der Waals surface area contributed by atoms with E-state index in [0.717, 1.165) is 43.2 Å². The summed E-state index contributed by atoms with van der Waals surface area (Å²) < 4.78 is 11.6. The second-order valence-electron chi connectivity index (χ2n) is 5.37. The SMILES string of the molecule is CNC1CC(C2CCOCC2)Oc2ccc(Cl)cc21. The lowest BCUT2D eigenvalue weighted by Crippen LogP contribution is -2.38. The molecule has 3 nitrogen and oxygen atoms in total. The molecule has 0 aromatic heterocycles. The summed E-state index contributed by atoms with van der Waals surface area (Å²) in [7, 11) is 2.00. The summed E-state index contributed by atoms with van der Waals surface area (Å²) in [6.07, 6.45) is 3.50. The van der Waals surface area contributed by atoms with Gasteiger partial charge in [-0.15, -0.1) is 0 Å². The van der Waals surface area contributed by atoms with Crippen LogP contribution in [0.2, 0.25) is 5.02 Å². The monoisotopic (exact) mass is 281 g/mol. The lowest BCUT2D eigenvalue weighted by molar-refractivity contribution is 0.00570. The summed E-state index contributed by atoms with van der Waals surface area (Å²) in [5.74, 6) is 1.58. The molecular weight excluding hydrogens is 262 g/mol. The average molecular weight is 282 g/mol. The normalized spacial score (nSPS) is 27.7. The number of halogens is 1. The Hall–Kier alpha value is -0.770. The molecule has 2 unspecified atom stereocenters. The van der Waals surface area contributed by atoms with Gasteiger partial charge >= 0.3 is 0 Å². The van der Waals surface area contributed by atoms with Crippen LogP contribution in [0.3, 0.4) is 0 Å². The molecule has 1 aromatic carbocycles. The highest BCUT2D eigenvalue weighted by Gasteiger charge is 2.33. The molecule has 0 radical (unpaired) electrons. The molecule has 1 N–H and O–H groups in total. The highest BCUT2D eigenvalue weighted by Crippen LogP contribution is 2.39. The van der Waals surface area contributed by atoms with E-state index in [2.05, 4.69) is 5.32 Å². The van der Waals surface area contributed by atoms with Crippen molar-refractivity contribution in [1.29, 1.82) is 0 Å². The summed E-state index contributed by atoms with van der Waals surface area (Å²) >= 11 is 6.08. The molecule has 0 amide bonds. The predicted molar refractivity (Wildman–Crippen MR) is 75.8 cm³/mol. The molecule has 0 spiro atoms. The molecule has 1 saturated heterocycles. The van der Waals surface area contributed by atoms with Crippen LogP contribution >= 0.6 is 11.6 Å². The summed E-state index contributed by atoms with van der Waals surface area (Å²) in [6.45, 7) is 1.73. The summed E-state index contributed by atoms with van der Waals surface area (Å²) in [5.41, 5.74) is 1.18. The predicted octanol–water partition coefficient (Wildman–Crippen LogP) is 3.18. The van der Waals surface area contributed by atoms with Crippen molar-refractivity contribution in [2.75, 3.05) is 20.3 Å². The maximum absolute atomic E-state index is 6.20. The van der Waals surface area contributed by atoms with Gasteiger partial charge in [-0.25, -0.2) is 0 Å². The van der Waals surface area contributed by atoms with Gasteiger partial charge < -0.3 is 14.8 Å². The van der Waals surface area contributed by atoms with E-state index in [-0.39, 0.29) is 6.10 Å². The Morgan fingerprint density at radius 3 is 2.79 bits per heavy atom. The number of hydrogen-bond donors (Lipinski definition) is 1. The summed E-state index contributed by atoms with van der Waals surface area (Å²) in [6, 6.07) is 6.24. The van der Waals surface area contributed by atoms with Crippen LogP contribution in [0.5, 0.6) is 5.75 Å². The quantitative estimate of drug-likeness (QED) is 0.903. The van der Waals surface area contributed by atoms with E-state index in [0.29, 0.717) is 12.0 Å². The highest BCUT2D eigenvalue weighted by atomic mass is 35.5. The van der Waals surface area contributed by atoms with Gasteiger partial charge in [0.1, 0.15) is 11.9 Å². The lowest BCUT2D eigenvalue weighted by Gasteiger charge is -2.37. The Bertz CT molecular complexity index is 446. The van der Waals surface area contributed by atoms with E-state index in [9.17, 15) is 0 Å². The third kappa shape index (κ3) is 2.73. The summed E-state index contributed by atoms with van der Waals surface area (Å²) in [5, 5.41) is 4.16. The highest BCUT2D eigenvalue weighted by molar-refractivity contribution is 6.30. The number of fused-ring (bicyclic) bond motifs is 1. The second-order valence-corrected chi connectivity index (χ2v) is 5.80. The van der Waals surface area contributed by atoms with Crippen LogP contribution in [0, 0.1) is 5.92 Å². The van der Waals surface area contributed by atoms with Gasteiger partial charge in [0.15, 0.2) is 0 Å². The minimum atomic E-state index is 0.287. The van der Waals surface area contributed by atoms with Crippen molar-refractivity contribution in [3.8, 4) is 5.75 Å². The molecule has 2 atom stereocenters. The van der Waals surface area contributed by atoms with E-state index in [1.54, 1.807) is 0 Å². The molecule has 0 aliphatic carbocycles. The molecule has 1 fully saturated rings. The first-order valence-electron chi connectivity index (χ1n) is 6.99. The first-order valence-corrected chi connectivity index (χ1v) is 7.37. The Balaban J connectivity index is 1.83. The van der Waals surface area contributed by atoms with E-state index < -0.39 is 0 Å². The van der Waals surface area contributed by atoms with Crippen LogP contribution in [-0.4, -0.2) is 26.4 Å². The Morgan fingerprint density at radius 2 is 2.05 bits per heavy atom. The van der Waals surface area contributed by atoms with Gasteiger partial charge in [-0.1, -0.05) is 11.6 Å². The number of nitrogens with one attached hydrogen (secondary N) is 1. The maximum Gasteiger partial charge on any atom is 0.124 e. The Labute approximate surface area is 119 Å². The Morgan fingerprint density at radius 1 is 1.26 bits per heavy atom. The largest absolute Gasteiger partial charge is 0.490 e. The first-order chi connectivity index (χ1) is 9.28. The van der Waals surface area contributed by atoms with Crippen LogP contribution in [0.15, 0.2) is 18.2 Å². The third-order valence-corrected chi connectivity index (χ3v) is 4.47. The standard InChI is InChI=1S/C15H20ClNO2/c1-17-13-9-15(10-4-6-18-7-5-10)19-14-3-2-11(16)8-12(13)14/h2-3,8,10,13,15,17H,4-7,9H2,1H3. The van der Waals surface area contributed by atoms with Gasteiger partial charge in [-0.05, 0) is 38.1 Å². The van der Waals surface area contributed by atoms with Crippen molar-refractivity contribution in [3.63, 3.8) is 0 Å². The fraction of sp³-hybridized carbons (Fsp3) is 0.600. The van der Waals surface area contributed by atoms with Crippen LogP contribution in [-0.2, 0) is 4.74 Å². The molecule has 2 aliphatic rings. The van der Waals surface area contributed by atoms with Crippen LogP contribution < -0.4 is 10.1 Å². The average Bonchev–Trinajstić information content (AvgIpc) is 2.47. The zero-order valence-corrected chi connectivity index (χ0v) is 12.0. The zero-order valence-electron chi connectivity index (χ0n) is 11.2. The van der Waals surface area contributed by atoms with Gasteiger partial charge in [0.25, 0.3) is 0 Å². The second kappa shape index (κ2) is 5.70. The van der Waals surface area contributed by atoms with Crippen molar-refractivity contribution >= 4 is 11.6 Å². The van der Waals surface area contributed by atoms with Gasteiger partial charge in [0.05, 0.1) is 0 Å². The first kappa shape index (κ1) is 13.2. The van der Waals surface area contributed by atoms with Gasteiger partial charge in [0.2, 0.25) is 0 Å². The lowest BCUT2D eigenvalue weighted by atomic mass is 9.86. The number of rotatable bonds is 2. The molecule has 3 rings (SSSR count). The fourth-order valence-corrected chi connectivity index (χ4v) is 3.30. The zero-order chi connectivity index (χ0) is 13.2. The van der Waals surface area contributed by atoms with Crippen molar-refractivity contribution in [3.05, 3.63) is 28.8 Å². The van der Waals surface area contributed by atoms with E-state index in [1.165, 1.54) is 5.56 Å². The minimum absolute atomic E-state index is 0.287. The van der Waals surface area contributed by atoms with E-state index >= 15 is 0 Å². The van der Waals surface area contributed by atoms with Crippen LogP contribution in [0.25, 0.3) is 0 Å². The molecule has 0 saturated carbocycles. The Kier molecular flexibility index (Phi) is 3.96.